The van der Waals surface area contributed by atoms with Crippen molar-refractivity contribution >= 4 is 57.8 Å². The van der Waals surface area contributed by atoms with Crippen molar-refractivity contribution in [2.24, 2.45) is 5.16 Å². The quantitative estimate of drug-likeness (QED) is 0.183. The SMILES string of the molecule is CO/N=C(\C(=O)N[C@@H]1C(=O)N2C(C(=O)O)=C(/C=C3\CNC(C(=O)N4CCCC4)C3)CS[C@H]12)c1nsc(N)n1. The molecule has 14 nitrogen and oxygen atoms in total. The molecule has 5 rings (SSSR count). The van der Waals surface area contributed by atoms with Gasteiger partial charge in [-0.3, -0.25) is 19.3 Å². The van der Waals surface area contributed by atoms with Crippen molar-refractivity contribution in [1.29, 1.82) is 0 Å². The number of fused-ring (bicyclic) bond motifs is 1. The number of amides is 3. The Labute approximate surface area is 225 Å². The highest BCUT2D eigenvalue weighted by atomic mass is 32.2. The third-order valence-electron chi connectivity index (χ3n) is 6.67. The number of oxime groups is 1. The third-order valence-corrected chi connectivity index (χ3v) is 8.52. The first-order valence-corrected chi connectivity index (χ1v) is 13.7. The molecule has 1 unspecified atom stereocenters. The minimum atomic E-state index is -1.24. The number of anilines is 1. The summed E-state index contributed by atoms with van der Waals surface area (Å²) in [6.45, 7) is 2.01. The number of β-lactam (4-membered cyclic amide) rings is 1. The van der Waals surface area contributed by atoms with Crippen LogP contribution in [-0.4, -0.2) is 104 Å². The maximum Gasteiger partial charge on any atom is 0.352 e. The molecule has 38 heavy (non-hydrogen) atoms. The summed E-state index contributed by atoms with van der Waals surface area (Å²) in [6, 6.07) is -1.29. The summed E-state index contributed by atoms with van der Waals surface area (Å²) < 4.78 is 3.95. The highest BCUT2D eigenvalue weighted by molar-refractivity contribution is 8.00. The second-order valence-corrected chi connectivity index (χ2v) is 11.0. The summed E-state index contributed by atoms with van der Waals surface area (Å²) in [7, 11) is 1.25. The van der Waals surface area contributed by atoms with Crippen LogP contribution in [0.15, 0.2) is 28.1 Å². The Bertz CT molecular complexity index is 1270. The molecule has 0 radical (unpaired) electrons. The maximum absolute atomic E-state index is 13.0. The van der Waals surface area contributed by atoms with Gasteiger partial charge in [0.1, 0.15) is 24.2 Å². The largest absolute Gasteiger partial charge is 0.477 e. The summed E-state index contributed by atoms with van der Waals surface area (Å²) in [4.78, 5) is 62.5. The van der Waals surface area contributed by atoms with Gasteiger partial charge in [-0.1, -0.05) is 16.8 Å². The van der Waals surface area contributed by atoms with Gasteiger partial charge in [0, 0.05) is 36.9 Å². The van der Waals surface area contributed by atoms with E-state index in [4.69, 9.17) is 10.6 Å². The summed E-state index contributed by atoms with van der Waals surface area (Å²) in [5, 5.41) is 19.0. The van der Waals surface area contributed by atoms with Crippen molar-refractivity contribution in [3.8, 4) is 0 Å². The molecule has 16 heteroatoms. The summed E-state index contributed by atoms with van der Waals surface area (Å²) >= 11 is 2.22. The molecule has 0 spiro atoms. The molecule has 0 aromatic carbocycles. The average molecular weight is 563 g/mol. The first-order valence-electron chi connectivity index (χ1n) is 11.9. The van der Waals surface area contributed by atoms with E-state index in [1.54, 1.807) is 6.08 Å². The fourth-order valence-electron chi connectivity index (χ4n) is 4.92. The lowest BCUT2D eigenvalue weighted by atomic mass is 10.0. The predicted molar refractivity (Wildman–Crippen MR) is 138 cm³/mol. The van der Waals surface area contributed by atoms with Gasteiger partial charge in [-0.2, -0.15) is 9.36 Å². The number of thioether (sulfide) groups is 1. The molecule has 0 saturated carbocycles. The number of nitrogens with zero attached hydrogens (tertiary/aromatic N) is 5. The molecular weight excluding hydrogens is 536 g/mol. The molecule has 3 amide bonds. The molecule has 4 aliphatic rings. The Morgan fingerprint density at radius 2 is 2.08 bits per heavy atom. The minimum absolute atomic E-state index is 0.0431. The van der Waals surface area contributed by atoms with Crippen LogP contribution in [0.25, 0.3) is 0 Å². The van der Waals surface area contributed by atoms with Gasteiger partial charge < -0.3 is 31.2 Å². The number of carbonyl (C=O) groups is 4. The maximum atomic E-state index is 13.0. The monoisotopic (exact) mass is 562 g/mol. The van der Waals surface area contributed by atoms with E-state index in [-0.39, 0.29) is 34.3 Å². The molecule has 0 bridgehead atoms. The smallest absolute Gasteiger partial charge is 0.352 e. The van der Waals surface area contributed by atoms with Crippen LogP contribution >= 0.6 is 23.3 Å². The second kappa shape index (κ2) is 10.7. The van der Waals surface area contributed by atoms with Crippen LogP contribution in [0.1, 0.15) is 25.1 Å². The number of carboxylic acid groups (broad SMARTS) is 1. The topological polar surface area (TPSA) is 192 Å². The lowest BCUT2D eigenvalue weighted by molar-refractivity contribution is -0.150. The Morgan fingerprint density at radius 1 is 1.32 bits per heavy atom. The number of carboxylic acids is 1. The van der Waals surface area contributed by atoms with Crippen molar-refractivity contribution in [2.75, 3.05) is 38.2 Å². The number of carbonyl (C=O) groups excluding carboxylic acids is 3. The van der Waals surface area contributed by atoms with Gasteiger partial charge in [0.2, 0.25) is 17.4 Å². The molecule has 4 aliphatic heterocycles. The molecule has 3 saturated heterocycles. The first kappa shape index (κ1) is 26.1. The predicted octanol–water partition coefficient (Wildman–Crippen LogP) is -0.880. The van der Waals surface area contributed by atoms with Crippen LogP contribution < -0.4 is 16.4 Å². The third kappa shape index (κ3) is 4.86. The van der Waals surface area contributed by atoms with E-state index in [9.17, 15) is 24.3 Å². The number of hydrogen-bond donors (Lipinski definition) is 4. The number of likely N-dealkylation sites (tertiary alicyclic amines) is 1. The van der Waals surface area contributed by atoms with Crippen LogP contribution in [0, 0.1) is 0 Å². The van der Waals surface area contributed by atoms with E-state index < -0.39 is 29.2 Å². The molecule has 202 valence electrons. The zero-order valence-corrected chi connectivity index (χ0v) is 22.0. The molecule has 3 atom stereocenters. The van der Waals surface area contributed by atoms with Crippen LogP contribution in [-0.2, 0) is 24.0 Å². The van der Waals surface area contributed by atoms with Gasteiger partial charge in [-0.25, -0.2) is 4.79 Å². The van der Waals surface area contributed by atoms with E-state index in [0.29, 0.717) is 24.3 Å². The number of nitrogens with two attached hydrogens (primary N) is 1. The second-order valence-electron chi connectivity index (χ2n) is 9.09. The number of nitrogen functional groups attached to an aromatic ring is 1. The standard InChI is InChI=1S/C22H26N8O6S2/c1-36-27-13(16-26-22(23)38-28-16)17(31)25-14-19(33)30-15(21(34)35)11(9-37-20(14)30)6-10-7-12(24-8-10)18(32)29-4-2-3-5-29/h6,12,14,20,24H,2-5,7-9H2,1H3,(H,25,31)(H,34,35)(H2,23,26,28)/b10-6-,27-13-/t12?,14-,20-/m1/s1. The van der Waals surface area contributed by atoms with Crippen molar-refractivity contribution < 1.29 is 29.1 Å². The van der Waals surface area contributed by atoms with Crippen LogP contribution in [0.2, 0.25) is 0 Å². The Morgan fingerprint density at radius 3 is 2.74 bits per heavy atom. The van der Waals surface area contributed by atoms with Crippen molar-refractivity contribution in [3.63, 3.8) is 0 Å². The normalized spacial score (nSPS) is 26.4. The Balaban J connectivity index is 1.30. The molecule has 1 aromatic rings. The zero-order valence-electron chi connectivity index (χ0n) is 20.4. The van der Waals surface area contributed by atoms with E-state index >= 15 is 0 Å². The van der Waals surface area contributed by atoms with Gasteiger partial charge in [0.15, 0.2) is 5.13 Å². The van der Waals surface area contributed by atoms with E-state index in [1.807, 2.05) is 4.90 Å². The lowest BCUT2D eigenvalue weighted by Gasteiger charge is -2.49. The van der Waals surface area contributed by atoms with Gasteiger partial charge >= 0.3 is 5.97 Å². The number of aromatic nitrogens is 2. The van der Waals surface area contributed by atoms with Crippen LogP contribution in [0.5, 0.6) is 0 Å². The summed E-state index contributed by atoms with van der Waals surface area (Å²) in [5.74, 6) is -2.20. The Kier molecular flexibility index (Phi) is 7.36. The minimum Gasteiger partial charge on any atom is -0.477 e. The highest BCUT2D eigenvalue weighted by Gasteiger charge is 2.54. The number of hydrogen-bond acceptors (Lipinski definition) is 12. The number of aliphatic carboxylic acids is 1. The molecule has 0 aliphatic carbocycles. The van der Waals surface area contributed by atoms with Crippen molar-refractivity contribution in [3.05, 3.63) is 28.7 Å². The van der Waals surface area contributed by atoms with E-state index in [1.165, 1.54) is 23.8 Å². The highest BCUT2D eigenvalue weighted by Crippen LogP contribution is 2.41. The number of allylic oxidation sites excluding steroid dienone is 1. The molecule has 5 N–H and O–H groups in total. The molecular formula is C22H26N8O6S2. The number of nitrogens with one attached hydrogen (secondary N) is 2. The number of rotatable bonds is 7. The zero-order chi connectivity index (χ0) is 27.0. The molecule has 1 aromatic heterocycles. The van der Waals surface area contributed by atoms with Gasteiger partial charge in [-0.05, 0) is 24.8 Å². The van der Waals surface area contributed by atoms with E-state index in [2.05, 4.69) is 25.1 Å². The molecule has 3 fully saturated rings. The van der Waals surface area contributed by atoms with Gasteiger partial charge in [0.25, 0.3) is 11.8 Å². The summed E-state index contributed by atoms with van der Waals surface area (Å²) in [5.41, 5.74) is 6.62. The van der Waals surface area contributed by atoms with Crippen molar-refractivity contribution in [1.82, 2.24) is 29.8 Å². The van der Waals surface area contributed by atoms with Gasteiger partial charge in [-0.15, -0.1) is 11.8 Å². The lowest BCUT2D eigenvalue weighted by Crippen LogP contribution is -2.71. The first-order chi connectivity index (χ1) is 18.3. The Hall–Kier alpha value is -3.50. The van der Waals surface area contributed by atoms with Gasteiger partial charge in [0.05, 0.1) is 6.04 Å². The molecule has 5 heterocycles. The fourth-order valence-corrected chi connectivity index (χ4v) is 6.66. The van der Waals surface area contributed by atoms with E-state index in [0.717, 1.165) is 43.0 Å². The summed E-state index contributed by atoms with van der Waals surface area (Å²) in [6.07, 6.45) is 4.29. The fraction of sp³-hybridized carbons (Fsp3) is 0.500. The average Bonchev–Trinajstić information content (AvgIpc) is 3.67. The van der Waals surface area contributed by atoms with Crippen LogP contribution in [0.3, 0.4) is 0 Å². The van der Waals surface area contributed by atoms with Crippen LogP contribution in [0.4, 0.5) is 5.13 Å². The van der Waals surface area contributed by atoms with Crippen molar-refractivity contribution in [2.45, 2.75) is 36.7 Å².